The van der Waals surface area contributed by atoms with Crippen LogP contribution in [0.5, 0.6) is 0 Å². The number of rotatable bonds is 3. The SMILES string of the molecule is CCN(C(=S)NC(C)C)c1cccc(F)c1. The van der Waals surface area contributed by atoms with Gasteiger partial charge >= 0.3 is 0 Å². The van der Waals surface area contributed by atoms with E-state index in [2.05, 4.69) is 5.32 Å². The van der Waals surface area contributed by atoms with E-state index >= 15 is 0 Å². The molecule has 0 amide bonds. The van der Waals surface area contributed by atoms with Crippen molar-refractivity contribution in [3.63, 3.8) is 0 Å². The quantitative estimate of drug-likeness (QED) is 0.818. The highest BCUT2D eigenvalue weighted by Gasteiger charge is 2.11. The summed E-state index contributed by atoms with van der Waals surface area (Å²) in [6.07, 6.45) is 0. The summed E-state index contributed by atoms with van der Waals surface area (Å²) in [5, 5.41) is 3.77. The molecule has 0 aliphatic heterocycles. The van der Waals surface area contributed by atoms with Crippen molar-refractivity contribution in [1.29, 1.82) is 0 Å². The minimum absolute atomic E-state index is 0.247. The van der Waals surface area contributed by atoms with E-state index in [1.807, 2.05) is 31.7 Å². The van der Waals surface area contributed by atoms with Crippen LogP contribution < -0.4 is 10.2 Å². The predicted octanol–water partition coefficient (Wildman–Crippen LogP) is 2.93. The van der Waals surface area contributed by atoms with Crippen LogP contribution in [0.25, 0.3) is 0 Å². The maximum Gasteiger partial charge on any atom is 0.173 e. The number of hydrogen-bond acceptors (Lipinski definition) is 1. The van der Waals surface area contributed by atoms with Gasteiger partial charge in [-0.15, -0.1) is 0 Å². The van der Waals surface area contributed by atoms with Crippen molar-refractivity contribution >= 4 is 23.0 Å². The molecule has 0 aliphatic carbocycles. The van der Waals surface area contributed by atoms with E-state index < -0.39 is 0 Å². The van der Waals surface area contributed by atoms with Crippen molar-refractivity contribution in [2.75, 3.05) is 11.4 Å². The van der Waals surface area contributed by atoms with E-state index in [0.717, 1.165) is 5.69 Å². The van der Waals surface area contributed by atoms with Crippen LogP contribution in [0.15, 0.2) is 24.3 Å². The fraction of sp³-hybridized carbons (Fsp3) is 0.417. The van der Waals surface area contributed by atoms with Gasteiger partial charge in [0.1, 0.15) is 5.82 Å². The molecule has 0 aromatic heterocycles. The van der Waals surface area contributed by atoms with Crippen molar-refractivity contribution in [2.24, 2.45) is 0 Å². The van der Waals surface area contributed by atoms with E-state index in [1.54, 1.807) is 6.07 Å². The number of benzene rings is 1. The Bertz CT molecular complexity index is 366. The van der Waals surface area contributed by atoms with Crippen LogP contribution in [-0.4, -0.2) is 17.7 Å². The first-order valence-electron chi connectivity index (χ1n) is 5.38. The lowest BCUT2D eigenvalue weighted by Gasteiger charge is -2.25. The van der Waals surface area contributed by atoms with Gasteiger partial charge in [0, 0.05) is 18.3 Å². The van der Waals surface area contributed by atoms with Gasteiger partial charge in [0.2, 0.25) is 0 Å². The van der Waals surface area contributed by atoms with Crippen LogP contribution >= 0.6 is 12.2 Å². The first-order valence-corrected chi connectivity index (χ1v) is 5.79. The van der Waals surface area contributed by atoms with Crippen LogP contribution in [-0.2, 0) is 0 Å². The maximum atomic E-state index is 13.1. The third-order valence-corrected chi connectivity index (χ3v) is 2.43. The molecule has 0 aliphatic rings. The molecule has 2 nitrogen and oxygen atoms in total. The van der Waals surface area contributed by atoms with Crippen molar-refractivity contribution in [3.05, 3.63) is 30.1 Å². The number of thiocarbonyl (C=S) groups is 1. The second kappa shape index (κ2) is 5.80. The fourth-order valence-electron chi connectivity index (χ4n) is 1.41. The molecule has 1 rings (SSSR count). The van der Waals surface area contributed by atoms with Gasteiger partial charge in [-0.1, -0.05) is 6.07 Å². The number of anilines is 1. The van der Waals surface area contributed by atoms with E-state index in [9.17, 15) is 4.39 Å². The summed E-state index contributed by atoms with van der Waals surface area (Å²) in [6.45, 7) is 6.73. The molecule has 0 atom stereocenters. The summed E-state index contributed by atoms with van der Waals surface area (Å²) >= 11 is 5.27. The smallest absolute Gasteiger partial charge is 0.173 e. The minimum atomic E-state index is -0.247. The maximum absolute atomic E-state index is 13.1. The Hall–Kier alpha value is -1.16. The van der Waals surface area contributed by atoms with Crippen molar-refractivity contribution in [3.8, 4) is 0 Å². The molecule has 1 aromatic rings. The largest absolute Gasteiger partial charge is 0.360 e. The van der Waals surface area contributed by atoms with Gasteiger partial charge in [-0.3, -0.25) is 0 Å². The summed E-state index contributed by atoms with van der Waals surface area (Å²) in [4.78, 5) is 1.87. The summed E-state index contributed by atoms with van der Waals surface area (Å²) < 4.78 is 13.1. The zero-order chi connectivity index (χ0) is 12.1. The molecule has 1 N–H and O–H groups in total. The Morgan fingerprint density at radius 3 is 2.69 bits per heavy atom. The zero-order valence-corrected chi connectivity index (χ0v) is 10.6. The van der Waals surface area contributed by atoms with Crippen LogP contribution in [0.4, 0.5) is 10.1 Å². The van der Waals surface area contributed by atoms with Gasteiger partial charge < -0.3 is 10.2 Å². The van der Waals surface area contributed by atoms with E-state index in [0.29, 0.717) is 11.7 Å². The monoisotopic (exact) mass is 240 g/mol. The molecule has 0 bridgehead atoms. The molecule has 0 saturated carbocycles. The number of hydrogen-bond donors (Lipinski definition) is 1. The second-order valence-electron chi connectivity index (χ2n) is 3.83. The summed E-state index contributed by atoms with van der Waals surface area (Å²) in [7, 11) is 0. The lowest BCUT2D eigenvalue weighted by atomic mass is 10.3. The fourth-order valence-corrected chi connectivity index (χ4v) is 1.88. The summed E-state index contributed by atoms with van der Waals surface area (Å²) in [6, 6.07) is 6.72. The Labute approximate surface area is 101 Å². The molecule has 0 unspecified atom stereocenters. The van der Waals surface area contributed by atoms with E-state index in [-0.39, 0.29) is 11.9 Å². The van der Waals surface area contributed by atoms with Crippen LogP contribution in [0.3, 0.4) is 0 Å². The average molecular weight is 240 g/mol. The first-order chi connectivity index (χ1) is 7.54. The molecular weight excluding hydrogens is 223 g/mol. The lowest BCUT2D eigenvalue weighted by molar-refractivity contribution is 0.627. The standard InChI is InChI=1S/C12H17FN2S/c1-4-15(12(16)14-9(2)3)11-7-5-6-10(13)8-11/h5-9H,4H2,1-3H3,(H,14,16). The van der Waals surface area contributed by atoms with Gasteiger partial charge in [0.05, 0.1) is 0 Å². The highest BCUT2D eigenvalue weighted by atomic mass is 32.1. The average Bonchev–Trinajstić information content (AvgIpc) is 2.17. The van der Waals surface area contributed by atoms with Crippen molar-refractivity contribution in [1.82, 2.24) is 5.32 Å². The summed E-state index contributed by atoms with van der Waals surface area (Å²) in [5.74, 6) is -0.247. The van der Waals surface area contributed by atoms with E-state index in [4.69, 9.17) is 12.2 Å². The Morgan fingerprint density at radius 2 is 2.19 bits per heavy atom. The molecule has 4 heteroatoms. The molecule has 0 heterocycles. The summed E-state index contributed by atoms with van der Waals surface area (Å²) in [5.41, 5.74) is 0.778. The third-order valence-electron chi connectivity index (χ3n) is 2.09. The Balaban J connectivity index is 2.85. The predicted molar refractivity (Wildman–Crippen MR) is 70.3 cm³/mol. The second-order valence-corrected chi connectivity index (χ2v) is 4.22. The minimum Gasteiger partial charge on any atom is -0.360 e. The van der Waals surface area contributed by atoms with Gasteiger partial charge in [0.25, 0.3) is 0 Å². The highest BCUT2D eigenvalue weighted by Crippen LogP contribution is 2.15. The first kappa shape index (κ1) is 12.9. The Morgan fingerprint density at radius 1 is 1.50 bits per heavy atom. The molecule has 0 fully saturated rings. The molecule has 0 radical (unpaired) electrons. The number of nitrogens with zero attached hydrogens (tertiary/aromatic N) is 1. The third kappa shape index (κ3) is 3.45. The molecule has 16 heavy (non-hydrogen) atoms. The van der Waals surface area contributed by atoms with Crippen LogP contribution in [0.1, 0.15) is 20.8 Å². The highest BCUT2D eigenvalue weighted by molar-refractivity contribution is 7.80. The van der Waals surface area contributed by atoms with Crippen molar-refractivity contribution < 1.29 is 4.39 Å². The van der Waals surface area contributed by atoms with Gasteiger partial charge in [-0.05, 0) is 51.2 Å². The number of nitrogens with one attached hydrogen (secondary N) is 1. The van der Waals surface area contributed by atoms with Crippen LogP contribution in [0, 0.1) is 5.82 Å². The van der Waals surface area contributed by atoms with Gasteiger partial charge in [0.15, 0.2) is 5.11 Å². The zero-order valence-electron chi connectivity index (χ0n) is 9.83. The lowest BCUT2D eigenvalue weighted by Crippen LogP contribution is -2.42. The molecular formula is C12H17FN2S. The normalized spacial score (nSPS) is 10.3. The van der Waals surface area contributed by atoms with Gasteiger partial charge in [-0.25, -0.2) is 4.39 Å². The van der Waals surface area contributed by atoms with Gasteiger partial charge in [-0.2, -0.15) is 0 Å². The molecule has 1 aromatic carbocycles. The van der Waals surface area contributed by atoms with E-state index in [1.165, 1.54) is 12.1 Å². The molecule has 0 saturated heterocycles. The van der Waals surface area contributed by atoms with Crippen LogP contribution in [0.2, 0.25) is 0 Å². The molecule has 0 spiro atoms. The Kier molecular flexibility index (Phi) is 4.68. The topological polar surface area (TPSA) is 15.3 Å². The molecule has 88 valence electrons. The number of halogens is 1. The van der Waals surface area contributed by atoms with Crippen molar-refractivity contribution in [2.45, 2.75) is 26.8 Å².